The minimum absolute atomic E-state index is 0.0293. The second-order valence-electron chi connectivity index (χ2n) is 7.66. The molecule has 1 amide bonds. The van der Waals surface area contributed by atoms with E-state index in [-0.39, 0.29) is 16.8 Å². The number of rotatable bonds is 7. The molecule has 0 saturated heterocycles. The lowest BCUT2D eigenvalue weighted by molar-refractivity contribution is -0.112. The number of nitrogens with one attached hydrogen (secondary N) is 1. The Morgan fingerprint density at radius 3 is 2.54 bits per heavy atom. The molecule has 0 heterocycles. The first-order valence-corrected chi connectivity index (χ1v) is 11.4. The molecule has 0 fully saturated rings. The number of hydrogen-bond donors (Lipinski definition) is 2. The van der Waals surface area contributed by atoms with Gasteiger partial charge in [0.1, 0.15) is 24.0 Å². The third-order valence-electron chi connectivity index (χ3n) is 5.21. The molecule has 7 heteroatoms. The number of carbonyl (C=O) groups excluding carboxylic acids is 1. The van der Waals surface area contributed by atoms with Crippen LogP contribution in [0.5, 0.6) is 5.75 Å². The highest BCUT2D eigenvalue weighted by Gasteiger charge is 2.13. The molecule has 0 aliphatic rings. The number of halogens is 1. The van der Waals surface area contributed by atoms with E-state index >= 15 is 0 Å². The molecular weight excluding hydrogens is 508 g/mol. The Balaban J connectivity index is 1.56. The molecule has 0 aliphatic carbocycles. The van der Waals surface area contributed by atoms with Crippen LogP contribution >= 0.6 is 15.9 Å². The van der Waals surface area contributed by atoms with E-state index in [1.165, 1.54) is 24.3 Å². The summed E-state index contributed by atoms with van der Waals surface area (Å²) < 4.78 is 6.80. The molecule has 2 N–H and O–H groups in total. The standard InChI is InChI=1S/C28H19BrN2O4/c29-24-10-11-26(35-17-18-8-9-19-4-1-2-5-20(19)12-18)22(14-24)13-23(16-30)27(32)31-25-7-3-6-21(15-25)28(33)34/h1-15H,17H2,(H,31,32)(H,33,34)/b23-13-. The number of hydrogen-bond acceptors (Lipinski definition) is 4. The first-order chi connectivity index (χ1) is 16.9. The van der Waals surface area contributed by atoms with Crippen molar-refractivity contribution in [2.24, 2.45) is 0 Å². The number of carbonyl (C=O) groups is 2. The lowest BCUT2D eigenvalue weighted by Crippen LogP contribution is -2.14. The van der Waals surface area contributed by atoms with Gasteiger partial charge >= 0.3 is 5.97 Å². The molecule has 0 radical (unpaired) electrons. The molecule has 172 valence electrons. The number of fused-ring (bicyclic) bond motifs is 1. The van der Waals surface area contributed by atoms with Gasteiger partial charge in [0, 0.05) is 15.7 Å². The summed E-state index contributed by atoms with van der Waals surface area (Å²) in [6.07, 6.45) is 1.44. The highest BCUT2D eigenvalue weighted by atomic mass is 79.9. The quantitative estimate of drug-likeness (QED) is 0.213. The maximum absolute atomic E-state index is 12.7. The van der Waals surface area contributed by atoms with Crippen molar-refractivity contribution in [3.63, 3.8) is 0 Å². The number of nitriles is 1. The summed E-state index contributed by atoms with van der Waals surface area (Å²) in [4.78, 5) is 23.9. The van der Waals surface area contributed by atoms with Crippen LogP contribution in [0.1, 0.15) is 21.5 Å². The normalized spacial score (nSPS) is 11.0. The predicted molar refractivity (Wildman–Crippen MR) is 138 cm³/mol. The first kappa shape index (κ1) is 23.7. The average molecular weight is 527 g/mol. The van der Waals surface area contributed by atoms with Crippen LogP contribution in [0.3, 0.4) is 0 Å². The van der Waals surface area contributed by atoms with Gasteiger partial charge in [0.2, 0.25) is 0 Å². The second kappa shape index (κ2) is 10.7. The third-order valence-corrected chi connectivity index (χ3v) is 5.71. The summed E-state index contributed by atoms with van der Waals surface area (Å²) in [5.41, 5.74) is 1.68. The van der Waals surface area contributed by atoms with Gasteiger partial charge in [0.25, 0.3) is 5.91 Å². The number of benzene rings is 4. The Morgan fingerprint density at radius 2 is 1.77 bits per heavy atom. The van der Waals surface area contributed by atoms with Gasteiger partial charge < -0.3 is 15.2 Å². The van der Waals surface area contributed by atoms with Crippen molar-refractivity contribution < 1.29 is 19.4 Å². The van der Waals surface area contributed by atoms with Crippen LogP contribution in [0.4, 0.5) is 5.69 Å². The molecule has 0 aliphatic heterocycles. The molecule has 0 unspecified atom stereocenters. The number of aromatic carboxylic acids is 1. The molecule has 0 saturated carbocycles. The Bertz CT molecular complexity index is 1500. The van der Waals surface area contributed by atoms with Crippen molar-refractivity contribution in [1.29, 1.82) is 5.26 Å². The Hall–Kier alpha value is -4.41. The zero-order valence-corrected chi connectivity index (χ0v) is 20.0. The molecule has 4 aromatic carbocycles. The molecule has 0 spiro atoms. The van der Waals surface area contributed by atoms with Crippen molar-refractivity contribution in [1.82, 2.24) is 0 Å². The van der Waals surface area contributed by atoms with Gasteiger partial charge in [-0.3, -0.25) is 4.79 Å². The number of carboxylic acids is 1. The number of nitrogens with zero attached hydrogens (tertiary/aromatic N) is 1. The largest absolute Gasteiger partial charge is 0.488 e. The highest BCUT2D eigenvalue weighted by Crippen LogP contribution is 2.27. The van der Waals surface area contributed by atoms with E-state index in [4.69, 9.17) is 9.84 Å². The zero-order chi connectivity index (χ0) is 24.8. The molecular formula is C28H19BrN2O4. The highest BCUT2D eigenvalue weighted by molar-refractivity contribution is 9.10. The molecule has 35 heavy (non-hydrogen) atoms. The Labute approximate surface area is 210 Å². The van der Waals surface area contributed by atoms with Gasteiger partial charge in [0.05, 0.1) is 5.56 Å². The van der Waals surface area contributed by atoms with Crippen LogP contribution in [0.25, 0.3) is 16.8 Å². The summed E-state index contributed by atoms with van der Waals surface area (Å²) in [6, 6.07) is 27.2. The van der Waals surface area contributed by atoms with E-state index in [0.29, 0.717) is 17.9 Å². The smallest absolute Gasteiger partial charge is 0.335 e. The number of carboxylic acid groups (broad SMARTS) is 1. The van der Waals surface area contributed by atoms with E-state index in [1.807, 2.05) is 48.5 Å². The van der Waals surface area contributed by atoms with Crippen LogP contribution in [-0.4, -0.2) is 17.0 Å². The molecule has 0 atom stereocenters. The number of ether oxygens (including phenoxy) is 1. The SMILES string of the molecule is N#C/C(=C/c1cc(Br)ccc1OCc1ccc2ccccc2c1)C(=O)Nc1cccc(C(=O)O)c1. The second-order valence-corrected chi connectivity index (χ2v) is 8.58. The van der Waals surface area contributed by atoms with Gasteiger partial charge in [0.15, 0.2) is 0 Å². The van der Waals surface area contributed by atoms with Gasteiger partial charge in [-0.05, 0) is 64.9 Å². The molecule has 4 rings (SSSR count). The monoisotopic (exact) mass is 526 g/mol. The maximum atomic E-state index is 12.7. The summed E-state index contributed by atoms with van der Waals surface area (Å²) in [5, 5.41) is 23.6. The maximum Gasteiger partial charge on any atom is 0.335 e. The minimum atomic E-state index is -1.11. The van der Waals surface area contributed by atoms with E-state index in [1.54, 1.807) is 18.2 Å². The lowest BCUT2D eigenvalue weighted by atomic mass is 10.1. The summed E-state index contributed by atoms with van der Waals surface area (Å²) in [7, 11) is 0. The van der Waals surface area contributed by atoms with Crippen molar-refractivity contribution in [3.8, 4) is 11.8 Å². The first-order valence-electron chi connectivity index (χ1n) is 10.6. The topological polar surface area (TPSA) is 99.4 Å². The zero-order valence-electron chi connectivity index (χ0n) is 18.4. The van der Waals surface area contributed by atoms with Crippen molar-refractivity contribution in [3.05, 3.63) is 112 Å². The van der Waals surface area contributed by atoms with E-state index in [0.717, 1.165) is 20.8 Å². The van der Waals surface area contributed by atoms with E-state index in [9.17, 15) is 14.9 Å². The van der Waals surface area contributed by atoms with E-state index < -0.39 is 11.9 Å². The molecule has 0 aromatic heterocycles. The summed E-state index contributed by atoms with van der Waals surface area (Å²) >= 11 is 3.42. The minimum Gasteiger partial charge on any atom is -0.488 e. The number of anilines is 1. The van der Waals surface area contributed by atoms with Crippen LogP contribution in [0.15, 0.2) is 95.0 Å². The molecule has 4 aromatic rings. The van der Waals surface area contributed by atoms with Crippen molar-refractivity contribution in [2.75, 3.05) is 5.32 Å². The molecule has 0 bridgehead atoms. The fraction of sp³-hybridized carbons (Fsp3) is 0.0357. The number of amides is 1. The van der Waals surface area contributed by atoms with Crippen molar-refractivity contribution >= 4 is 50.3 Å². The van der Waals surface area contributed by atoms with Crippen LogP contribution in [-0.2, 0) is 11.4 Å². The van der Waals surface area contributed by atoms with Crippen LogP contribution in [0.2, 0.25) is 0 Å². The predicted octanol–water partition coefficient (Wildman–Crippen LogP) is 6.43. The van der Waals surface area contributed by atoms with Gasteiger partial charge in [-0.2, -0.15) is 5.26 Å². The average Bonchev–Trinajstić information content (AvgIpc) is 2.86. The van der Waals surface area contributed by atoms with Gasteiger partial charge in [-0.1, -0.05) is 58.4 Å². The van der Waals surface area contributed by atoms with Crippen LogP contribution in [0, 0.1) is 11.3 Å². The fourth-order valence-corrected chi connectivity index (χ4v) is 3.86. The Kier molecular flexibility index (Phi) is 7.24. The van der Waals surface area contributed by atoms with Crippen molar-refractivity contribution in [2.45, 2.75) is 6.61 Å². The Morgan fingerprint density at radius 1 is 0.971 bits per heavy atom. The van der Waals surface area contributed by atoms with Crippen LogP contribution < -0.4 is 10.1 Å². The van der Waals surface area contributed by atoms with Gasteiger partial charge in [-0.25, -0.2) is 4.79 Å². The lowest BCUT2D eigenvalue weighted by Gasteiger charge is -2.11. The molecule has 6 nitrogen and oxygen atoms in total. The fourth-order valence-electron chi connectivity index (χ4n) is 3.49. The summed E-state index contributed by atoms with van der Waals surface area (Å²) in [5.74, 6) is -1.26. The summed E-state index contributed by atoms with van der Waals surface area (Å²) in [6.45, 7) is 0.309. The third kappa shape index (κ3) is 5.94. The van der Waals surface area contributed by atoms with Gasteiger partial charge in [-0.15, -0.1) is 0 Å². The van der Waals surface area contributed by atoms with E-state index in [2.05, 4.69) is 27.3 Å².